The van der Waals surface area contributed by atoms with E-state index in [1.54, 1.807) is 24.9 Å². The van der Waals surface area contributed by atoms with Crippen LogP contribution in [0.3, 0.4) is 0 Å². The first-order valence-electron chi connectivity index (χ1n) is 6.30. The minimum Gasteiger partial charge on any atom is -0.497 e. The summed E-state index contributed by atoms with van der Waals surface area (Å²) in [5, 5.41) is 0.555. The molecule has 3 rings (SSSR count). The molecule has 0 aliphatic carbocycles. The van der Waals surface area contributed by atoms with Crippen molar-refractivity contribution >= 4 is 28.6 Å². The fraction of sp³-hybridized carbons (Fsp3) is 0.133. The van der Waals surface area contributed by atoms with Gasteiger partial charge in [0.2, 0.25) is 5.95 Å². The third-order valence-corrected chi connectivity index (χ3v) is 3.59. The number of para-hydroxylation sites is 1. The molecular formula is C15H14ClN3O2. The predicted octanol–water partition coefficient (Wildman–Crippen LogP) is 3.28. The zero-order chi connectivity index (χ0) is 15.0. The molecule has 0 spiro atoms. The zero-order valence-corrected chi connectivity index (χ0v) is 12.4. The van der Waals surface area contributed by atoms with E-state index in [0.29, 0.717) is 28.0 Å². The zero-order valence-electron chi connectivity index (χ0n) is 11.6. The van der Waals surface area contributed by atoms with Gasteiger partial charge in [-0.05, 0) is 24.3 Å². The molecule has 2 aromatic carbocycles. The maximum Gasteiger partial charge on any atom is 0.206 e. The van der Waals surface area contributed by atoms with Crippen molar-refractivity contribution in [2.75, 3.05) is 20.0 Å². The van der Waals surface area contributed by atoms with Gasteiger partial charge in [-0.1, -0.05) is 17.7 Å². The van der Waals surface area contributed by atoms with Crippen LogP contribution in [0.25, 0.3) is 16.7 Å². The summed E-state index contributed by atoms with van der Waals surface area (Å²) in [6.07, 6.45) is 0. The van der Waals surface area contributed by atoms with Gasteiger partial charge in [0, 0.05) is 6.07 Å². The van der Waals surface area contributed by atoms with Crippen molar-refractivity contribution < 1.29 is 9.47 Å². The molecular weight excluding hydrogens is 290 g/mol. The van der Waals surface area contributed by atoms with E-state index in [2.05, 4.69) is 4.98 Å². The molecule has 0 saturated carbocycles. The highest BCUT2D eigenvalue weighted by Crippen LogP contribution is 2.34. The highest BCUT2D eigenvalue weighted by Gasteiger charge is 2.16. The Morgan fingerprint density at radius 2 is 1.95 bits per heavy atom. The molecule has 0 aliphatic rings. The number of nitrogen functional groups attached to an aromatic ring is 1. The molecule has 0 amide bonds. The lowest BCUT2D eigenvalue weighted by Crippen LogP contribution is -2.03. The van der Waals surface area contributed by atoms with Crippen LogP contribution in [-0.4, -0.2) is 23.8 Å². The quantitative estimate of drug-likeness (QED) is 0.806. The van der Waals surface area contributed by atoms with E-state index in [4.69, 9.17) is 26.8 Å². The minimum atomic E-state index is 0.338. The van der Waals surface area contributed by atoms with Gasteiger partial charge < -0.3 is 15.2 Å². The molecule has 1 aromatic heterocycles. The highest BCUT2D eigenvalue weighted by molar-refractivity contribution is 6.35. The number of benzene rings is 2. The van der Waals surface area contributed by atoms with Gasteiger partial charge in [-0.2, -0.15) is 0 Å². The van der Waals surface area contributed by atoms with Crippen molar-refractivity contribution in [1.29, 1.82) is 0 Å². The molecule has 108 valence electrons. The van der Waals surface area contributed by atoms with Crippen molar-refractivity contribution in [2.24, 2.45) is 0 Å². The number of imidazole rings is 1. The summed E-state index contributed by atoms with van der Waals surface area (Å²) in [4.78, 5) is 4.33. The summed E-state index contributed by atoms with van der Waals surface area (Å²) in [5.41, 5.74) is 8.28. The van der Waals surface area contributed by atoms with E-state index in [-0.39, 0.29) is 0 Å². The fourth-order valence-electron chi connectivity index (χ4n) is 2.31. The number of rotatable bonds is 3. The van der Waals surface area contributed by atoms with Crippen molar-refractivity contribution in [3.63, 3.8) is 0 Å². The van der Waals surface area contributed by atoms with Crippen LogP contribution in [0.15, 0.2) is 36.4 Å². The van der Waals surface area contributed by atoms with Crippen molar-refractivity contribution in [3.05, 3.63) is 41.4 Å². The topological polar surface area (TPSA) is 62.3 Å². The molecule has 0 atom stereocenters. The van der Waals surface area contributed by atoms with Crippen LogP contribution in [0.1, 0.15) is 0 Å². The molecule has 0 aliphatic heterocycles. The number of ether oxygens (including phenoxy) is 2. The molecule has 5 nitrogen and oxygen atoms in total. The lowest BCUT2D eigenvalue weighted by atomic mass is 10.2. The van der Waals surface area contributed by atoms with E-state index in [1.807, 2.05) is 30.3 Å². The molecule has 3 aromatic rings. The van der Waals surface area contributed by atoms with Crippen LogP contribution in [0.5, 0.6) is 11.5 Å². The summed E-state index contributed by atoms with van der Waals surface area (Å²) >= 11 is 6.17. The molecule has 6 heteroatoms. The van der Waals surface area contributed by atoms with E-state index in [0.717, 1.165) is 11.2 Å². The minimum absolute atomic E-state index is 0.338. The van der Waals surface area contributed by atoms with Gasteiger partial charge in [-0.15, -0.1) is 0 Å². The Morgan fingerprint density at radius 1 is 1.14 bits per heavy atom. The first kappa shape index (κ1) is 13.6. The Bertz CT molecular complexity index is 814. The first-order chi connectivity index (χ1) is 10.2. The monoisotopic (exact) mass is 303 g/mol. The standard InChI is InChI=1S/C15H14ClN3O2/c1-20-9-6-7-13(21-2)12(8-9)19-11-5-3-4-10(16)14(11)18-15(19)17/h3-8H,1-2H3,(H2,17,18). The number of hydrogen-bond donors (Lipinski definition) is 1. The Morgan fingerprint density at radius 3 is 2.67 bits per heavy atom. The normalized spacial score (nSPS) is 10.8. The van der Waals surface area contributed by atoms with Gasteiger partial charge in [0.05, 0.1) is 30.4 Å². The van der Waals surface area contributed by atoms with Crippen LogP contribution in [0, 0.1) is 0 Å². The molecule has 0 bridgehead atoms. The van der Waals surface area contributed by atoms with Gasteiger partial charge in [0.15, 0.2) is 0 Å². The van der Waals surface area contributed by atoms with Gasteiger partial charge in [-0.25, -0.2) is 4.98 Å². The van der Waals surface area contributed by atoms with Crippen molar-refractivity contribution in [2.45, 2.75) is 0 Å². The number of hydrogen-bond acceptors (Lipinski definition) is 4. The number of fused-ring (bicyclic) bond motifs is 1. The van der Waals surface area contributed by atoms with Crippen LogP contribution >= 0.6 is 11.6 Å². The largest absolute Gasteiger partial charge is 0.497 e. The van der Waals surface area contributed by atoms with Crippen LogP contribution < -0.4 is 15.2 Å². The molecule has 0 fully saturated rings. The van der Waals surface area contributed by atoms with E-state index in [1.165, 1.54) is 0 Å². The lowest BCUT2D eigenvalue weighted by Gasteiger charge is -2.13. The molecule has 0 unspecified atom stereocenters. The third kappa shape index (κ3) is 2.15. The molecule has 0 saturated heterocycles. The number of methoxy groups -OCH3 is 2. The average Bonchev–Trinajstić information content (AvgIpc) is 2.84. The molecule has 0 radical (unpaired) electrons. The second kappa shape index (κ2) is 5.18. The molecule has 21 heavy (non-hydrogen) atoms. The maximum atomic E-state index is 6.17. The summed E-state index contributed by atoms with van der Waals surface area (Å²) in [6.45, 7) is 0. The van der Waals surface area contributed by atoms with Crippen molar-refractivity contribution in [3.8, 4) is 17.2 Å². The van der Waals surface area contributed by atoms with Crippen LogP contribution in [0.4, 0.5) is 5.95 Å². The van der Waals surface area contributed by atoms with Gasteiger partial charge in [-0.3, -0.25) is 4.57 Å². The maximum absolute atomic E-state index is 6.17. The summed E-state index contributed by atoms with van der Waals surface area (Å²) in [7, 11) is 3.21. The third-order valence-electron chi connectivity index (χ3n) is 3.29. The van der Waals surface area contributed by atoms with Gasteiger partial charge in [0.1, 0.15) is 17.0 Å². The average molecular weight is 304 g/mol. The van der Waals surface area contributed by atoms with Crippen molar-refractivity contribution in [1.82, 2.24) is 9.55 Å². The number of nitrogens with zero attached hydrogens (tertiary/aromatic N) is 2. The number of aromatic nitrogens is 2. The smallest absolute Gasteiger partial charge is 0.206 e. The van der Waals surface area contributed by atoms with Gasteiger partial charge >= 0.3 is 0 Å². The lowest BCUT2D eigenvalue weighted by molar-refractivity contribution is 0.402. The van der Waals surface area contributed by atoms with Crippen LogP contribution in [0.2, 0.25) is 5.02 Å². The second-order valence-corrected chi connectivity index (χ2v) is 4.86. The Labute approximate surface area is 126 Å². The Hall–Kier alpha value is -2.40. The predicted molar refractivity (Wildman–Crippen MR) is 83.6 cm³/mol. The SMILES string of the molecule is COc1ccc(OC)c(-n2c(N)nc3c(Cl)cccc32)c1. The molecule has 1 heterocycles. The fourth-order valence-corrected chi connectivity index (χ4v) is 2.52. The Balaban J connectivity index is 2.34. The van der Waals surface area contributed by atoms with E-state index >= 15 is 0 Å². The van der Waals surface area contributed by atoms with Gasteiger partial charge in [0.25, 0.3) is 0 Å². The first-order valence-corrected chi connectivity index (χ1v) is 6.68. The summed E-state index contributed by atoms with van der Waals surface area (Å²) in [5.74, 6) is 1.71. The van der Waals surface area contributed by atoms with E-state index < -0.39 is 0 Å². The highest BCUT2D eigenvalue weighted by atomic mass is 35.5. The number of anilines is 1. The Kier molecular flexibility index (Phi) is 3.35. The van der Waals surface area contributed by atoms with Crippen LogP contribution in [-0.2, 0) is 0 Å². The summed E-state index contributed by atoms with van der Waals surface area (Å²) < 4.78 is 12.5. The second-order valence-electron chi connectivity index (χ2n) is 4.45. The molecule has 2 N–H and O–H groups in total. The summed E-state index contributed by atoms with van der Waals surface area (Å²) in [6, 6.07) is 11.0. The number of halogens is 1. The number of nitrogens with two attached hydrogens (primary N) is 1. The van der Waals surface area contributed by atoms with E-state index in [9.17, 15) is 0 Å².